The summed E-state index contributed by atoms with van der Waals surface area (Å²) in [5, 5.41) is 12.7. The minimum atomic E-state index is -0.435. The van der Waals surface area contributed by atoms with Crippen LogP contribution in [0.15, 0.2) is 46.9 Å². The molecule has 0 bridgehead atoms. The zero-order chi connectivity index (χ0) is 21.5. The van der Waals surface area contributed by atoms with E-state index in [9.17, 15) is 9.59 Å². The molecule has 0 unspecified atom stereocenters. The Morgan fingerprint density at radius 3 is 2.63 bits per heavy atom. The van der Waals surface area contributed by atoms with Crippen LogP contribution in [0.5, 0.6) is 11.5 Å². The van der Waals surface area contributed by atoms with Gasteiger partial charge in [-0.05, 0) is 36.4 Å². The summed E-state index contributed by atoms with van der Waals surface area (Å²) >= 11 is 1.60. The number of nitrogens with one attached hydrogen (secondary N) is 3. The van der Waals surface area contributed by atoms with Crippen LogP contribution in [-0.2, 0) is 4.79 Å². The summed E-state index contributed by atoms with van der Waals surface area (Å²) in [6, 6.07) is 10.8. The number of rotatable bonds is 8. The molecular formula is C21H22N4O4S. The minimum Gasteiger partial charge on any atom is -0.493 e. The Bertz CT molecular complexity index is 1090. The number of amides is 2. The number of thiophene rings is 1. The Hall–Kier alpha value is -3.59. The van der Waals surface area contributed by atoms with Gasteiger partial charge in [-0.1, -0.05) is 0 Å². The summed E-state index contributed by atoms with van der Waals surface area (Å²) in [6.45, 7) is -0.210. The van der Waals surface area contributed by atoms with Gasteiger partial charge in [0, 0.05) is 39.3 Å². The normalized spacial score (nSPS) is 10.8. The van der Waals surface area contributed by atoms with E-state index in [1.54, 1.807) is 35.8 Å². The van der Waals surface area contributed by atoms with Crippen molar-refractivity contribution in [1.82, 2.24) is 10.7 Å². The number of ether oxygens (including phenoxy) is 2. The second kappa shape index (κ2) is 9.75. The lowest BCUT2D eigenvalue weighted by molar-refractivity contribution is -0.120. The molecule has 0 atom stereocenters. The molecule has 156 valence electrons. The summed E-state index contributed by atoms with van der Waals surface area (Å²) in [5.74, 6) is 0.113. The molecule has 3 rings (SSSR count). The third kappa shape index (κ3) is 4.87. The first kappa shape index (κ1) is 21.1. The number of hydrogen-bond donors (Lipinski definition) is 3. The Morgan fingerprint density at radius 2 is 1.90 bits per heavy atom. The van der Waals surface area contributed by atoms with Gasteiger partial charge < -0.3 is 20.1 Å². The van der Waals surface area contributed by atoms with Gasteiger partial charge in [-0.15, -0.1) is 11.3 Å². The number of anilines is 1. The summed E-state index contributed by atoms with van der Waals surface area (Å²) in [7, 11) is 4.86. The third-order valence-electron chi connectivity index (χ3n) is 4.34. The predicted octanol–water partition coefficient (Wildman–Crippen LogP) is 2.84. The topological polar surface area (TPSA) is 101 Å². The van der Waals surface area contributed by atoms with Crippen molar-refractivity contribution in [2.24, 2.45) is 5.10 Å². The van der Waals surface area contributed by atoms with E-state index in [1.807, 2.05) is 30.6 Å². The average Bonchev–Trinajstić information content (AvgIpc) is 3.18. The van der Waals surface area contributed by atoms with Gasteiger partial charge in [0.05, 0.1) is 27.0 Å². The largest absolute Gasteiger partial charge is 0.493 e. The predicted molar refractivity (Wildman–Crippen MR) is 119 cm³/mol. The van der Waals surface area contributed by atoms with Crippen molar-refractivity contribution in [3.05, 3.63) is 52.9 Å². The molecule has 0 fully saturated rings. The van der Waals surface area contributed by atoms with Crippen molar-refractivity contribution in [3.8, 4) is 11.5 Å². The molecule has 3 aromatic rings. The lowest BCUT2D eigenvalue weighted by Gasteiger charge is -2.09. The van der Waals surface area contributed by atoms with Crippen LogP contribution < -0.4 is 25.5 Å². The molecule has 30 heavy (non-hydrogen) atoms. The molecule has 0 aliphatic rings. The Morgan fingerprint density at radius 1 is 1.10 bits per heavy atom. The maximum atomic E-state index is 12.3. The first-order valence-corrected chi connectivity index (χ1v) is 9.94. The Labute approximate surface area is 177 Å². The van der Waals surface area contributed by atoms with Crippen LogP contribution in [0.1, 0.15) is 15.9 Å². The fourth-order valence-corrected chi connectivity index (χ4v) is 3.65. The lowest BCUT2D eigenvalue weighted by atomic mass is 10.2. The summed E-state index contributed by atoms with van der Waals surface area (Å²) in [6.07, 6.45) is 1.59. The molecule has 0 aliphatic heterocycles. The van der Waals surface area contributed by atoms with Gasteiger partial charge >= 0.3 is 0 Å². The molecular weight excluding hydrogens is 404 g/mol. The number of carbonyl (C=O) groups is 2. The second-order valence-corrected chi connectivity index (χ2v) is 7.11. The van der Waals surface area contributed by atoms with Crippen molar-refractivity contribution in [3.63, 3.8) is 0 Å². The zero-order valence-corrected chi connectivity index (χ0v) is 17.6. The molecule has 3 N–H and O–H groups in total. The summed E-state index contributed by atoms with van der Waals surface area (Å²) < 4.78 is 11.5. The fraction of sp³-hybridized carbons (Fsp3) is 0.190. The van der Waals surface area contributed by atoms with Gasteiger partial charge in [0.15, 0.2) is 11.5 Å². The van der Waals surface area contributed by atoms with E-state index in [-0.39, 0.29) is 6.54 Å². The van der Waals surface area contributed by atoms with Crippen LogP contribution in [0, 0.1) is 0 Å². The van der Waals surface area contributed by atoms with Gasteiger partial charge in [-0.25, -0.2) is 5.43 Å². The van der Waals surface area contributed by atoms with E-state index in [0.29, 0.717) is 17.1 Å². The van der Waals surface area contributed by atoms with E-state index in [4.69, 9.17) is 9.47 Å². The fourth-order valence-electron chi connectivity index (χ4n) is 2.76. The molecule has 9 heteroatoms. The molecule has 0 spiro atoms. The molecule has 0 saturated heterocycles. The molecule has 0 radical (unpaired) electrons. The van der Waals surface area contributed by atoms with Crippen LogP contribution in [0.3, 0.4) is 0 Å². The number of carbonyl (C=O) groups excluding carboxylic acids is 2. The highest BCUT2D eigenvalue weighted by Crippen LogP contribution is 2.28. The molecule has 2 aromatic carbocycles. The molecule has 2 amide bonds. The lowest BCUT2D eigenvalue weighted by Crippen LogP contribution is -2.34. The van der Waals surface area contributed by atoms with Gasteiger partial charge in [0.2, 0.25) is 0 Å². The van der Waals surface area contributed by atoms with Crippen molar-refractivity contribution < 1.29 is 19.1 Å². The van der Waals surface area contributed by atoms with Gasteiger partial charge in [0.1, 0.15) is 0 Å². The highest BCUT2D eigenvalue weighted by molar-refractivity contribution is 7.17. The Balaban J connectivity index is 1.55. The van der Waals surface area contributed by atoms with Crippen LogP contribution in [0.2, 0.25) is 0 Å². The molecule has 0 saturated carbocycles. The van der Waals surface area contributed by atoms with Crippen LogP contribution in [-0.4, -0.2) is 45.8 Å². The van der Waals surface area contributed by atoms with Gasteiger partial charge in [-0.2, -0.15) is 5.10 Å². The van der Waals surface area contributed by atoms with E-state index < -0.39 is 11.8 Å². The maximum Gasteiger partial charge on any atom is 0.259 e. The zero-order valence-electron chi connectivity index (χ0n) is 16.8. The Kier molecular flexibility index (Phi) is 6.87. The number of fused-ring (bicyclic) bond motifs is 1. The van der Waals surface area contributed by atoms with Crippen molar-refractivity contribution >= 4 is 45.1 Å². The van der Waals surface area contributed by atoms with E-state index in [0.717, 1.165) is 21.3 Å². The molecule has 0 aliphatic carbocycles. The van der Waals surface area contributed by atoms with E-state index in [1.165, 1.54) is 14.2 Å². The maximum absolute atomic E-state index is 12.3. The molecule has 1 heterocycles. The molecule has 8 nitrogen and oxygen atoms in total. The highest BCUT2D eigenvalue weighted by atomic mass is 32.1. The number of hydrazone groups is 1. The van der Waals surface area contributed by atoms with Gasteiger partial charge in [0.25, 0.3) is 11.8 Å². The third-order valence-corrected chi connectivity index (χ3v) is 5.32. The average molecular weight is 426 g/mol. The highest BCUT2D eigenvalue weighted by Gasteiger charge is 2.12. The van der Waals surface area contributed by atoms with E-state index >= 15 is 0 Å². The smallest absolute Gasteiger partial charge is 0.259 e. The quantitative estimate of drug-likeness (QED) is 0.380. The standard InChI is InChI=1S/C21H22N4O4S/c1-22-15-5-7-19-16(9-15)14(12-30-19)10-24-25-20(26)11-23-21(27)13-4-6-17(28-2)18(8-13)29-3/h4-10,12,22H,11H2,1-3H3,(H,23,27)(H,25,26)/b24-10+. The second-order valence-electron chi connectivity index (χ2n) is 6.20. The summed E-state index contributed by atoms with van der Waals surface area (Å²) in [4.78, 5) is 24.3. The van der Waals surface area contributed by atoms with Crippen molar-refractivity contribution in [1.29, 1.82) is 0 Å². The number of benzene rings is 2. The SMILES string of the molecule is CNc1ccc2scc(/C=N/NC(=O)CNC(=O)c3ccc(OC)c(OC)c3)c2c1. The molecule has 1 aromatic heterocycles. The van der Waals surface area contributed by atoms with Crippen molar-refractivity contribution in [2.75, 3.05) is 33.1 Å². The number of nitrogens with zero attached hydrogens (tertiary/aromatic N) is 1. The first-order valence-electron chi connectivity index (χ1n) is 9.07. The van der Waals surface area contributed by atoms with Crippen LogP contribution >= 0.6 is 11.3 Å². The summed E-state index contributed by atoms with van der Waals surface area (Å²) in [5.41, 5.74) is 4.68. The number of methoxy groups -OCH3 is 2. The van der Waals surface area contributed by atoms with Crippen LogP contribution in [0.4, 0.5) is 5.69 Å². The first-order chi connectivity index (χ1) is 14.5. The van der Waals surface area contributed by atoms with Crippen LogP contribution in [0.25, 0.3) is 10.1 Å². The monoisotopic (exact) mass is 426 g/mol. The van der Waals surface area contributed by atoms with E-state index in [2.05, 4.69) is 21.2 Å². The minimum absolute atomic E-state index is 0.210. The number of hydrogen-bond acceptors (Lipinski definition) is 7. The van der Waals surface area contributed by atoms with Gasteiger partial charge in [-0.3, -0.25) is 9.59 Å². The van der Waals surface area contributed by atoms with Crippen molar-refractivity contribution in [2.45, 2.75) is 0 Å².